The van der Waals surface area contributed by atoms with Gasteiger partial charge in [0.1, 0.15) is 0 Å². The number of aromatic nitrogens is 1. The number of nitrogens with zero attached hydrogens (tertiary/aromatic N) is 3. The Morgan fingerprint density at radius 3 is 2.48 bits per heavy atom. The number of benzene rings is 2. The molecule has 25 heavy (non-hydrogen) atoms. The highest BCUT2D eigenvalue weighted by Gasteiger charge is 2.19. The molecule has 0 bridgehead atoms. The molecule has 1 saturated heterocycles. The molecule has 2 aromatic carbocycles. The minimum Gasteiger partial charge on any atom is -0.408 e. The molecule has 1 aliphatic heterocycles. The molecule has 0 amide bonds. The lowest BCUT2D eigenvalue weighted by Gasteiger charge is -2.36. The second kappa shape index (κ2) is 6.75. The smallest absolute Gasteiger partial charge is 0.408 e. The van der Waals surface area contributed by atoms with Crippen molar-refractivity contribution in [3.8, 4) is 0 Å². The van der Waals surface area contributed by atoms with E-state index in [1.54, 1.807) is 16.7 Å². The molecule has 0 saturated carbocycles. The quantitative estimate of drug-likeness (QED) is 0.697. The lowest BCUT2D eigenvalue weighted by Crippen LogP contribution is -2.47. The highest BCUT2D eigenvalue weighted by Crippen LogP contribution is 2.22. The van der Waals surface area contributed by atoms with Gasteiger partial charge < -0.3 is 9.32 Å². The molecule has 7 heteroatoms. The van der Waals surface area contributed by atoms with Crippen LogP contribution in [0.25, 0.3) is 11.1 Å². The molecule has 1 aliphatic rings. The van der Waals surface area contributed by atoms with E-state index in [0.29, 0.717) is 17.3 Å². The number of oxazole rings is 1. The molecule has 2 heterocycles. The zero-order valence-electron chi connectivity index (χ0n) is 13.5. The third-order valence-corrected chi connectivity index (χ3v) is 4.99. The number of fused-ring (bicyclic) bond motifs is 1. The van der Waals surface area contributed by atoms with Crippen LogP contribution in [-0.4, -0.2) is 35.6 Å². The van der Waals surface area contributed by atoms with Crippen LogP contribution in [0.4, 0.5) is 5.69 Å². The number of hydrogen-bond acceptors (Lipinski definition) is 4. The predicted octanol–water partition coefficient (Wildman–Crippen LogP) is 3.68. The fourth-order valence-electron chi connectivity index (χ4n) is 3.19. The third-order valence-electron chi connectivity index (χ3n) is 4.52. The molecule has 0 aliphatic carbocycles. The first-order valence-electron chi connectivity index (χ1n) is 8.12. The molecule has 0 radical (unpaired) electrons. The maximum atomic E-state index is 12.1. The topological polar surface area (TPSA) is 41.6 Å². The number of anilines is 1. The van der Waals surface area contributed by atoms with Gasteiger partial charge in [0, 0.05) is 48.0 Å². The van der Waals surface area contributed by atoms with Crippen molar-refractivity contribution in [1.29, 1.82) is 0 Å². The van der Waals surface area contributed by atoms with Crippen molar-refractivity contribution >= 4 is 40.0 Å². The van der Waals surface area contributed by atoms with Crippen molar-refractivity contribution in [2.45, 2.75) is 6.67 Å². The van der Waals surface area contributed by atoms with Gasteiger partial charge in [0.05, 0.1) is 12.2 Å². The fourth-order valence-corrected chi connectivity index (χ4v) is 3.54. The van der Waals surface area contributed by atoms with E-state index in [9.17, 15) is 4.79 Å². The number of halogens is 2. The van der Waals surface area contributed by atoms with E-state index < -0.39 is 0 Å². The molecule has 0 atom stereocenters. The van der Waals surface area contributed by atoms with Crippen molar-refractivity contribution in [3.63, 3.8) is 0 Å². The summed E-state index contributed by atoms with van der Waals surface area (Å²) in [7, 11) is 0. The second-order valence-corrected chi connectivity index (χ2v) is 7.01. The Hall–Kier alpha value is -1.95. The van der Waals surface area contributed by atoms with Crippen LogP contribution in [-0.2, 0) is 6.67 Å². The molecule has 5 nitrogen and oxygen atoms in total. The molecular weight excluding hydrogens is 361 g/mol. The summed E-state index contributed by atoms with van der Waals surface area (Å²) in [5, 5.41) is 1.30. The minimum atomic E-state index is -0.352. The summed E-state index contributed by atoms with van der Waals surface area (Å²) >= 11 is 12.0. The highest BCUT2D eigenvalue weighted by atomic mass is 35.5. The van der Waals surface area contributed by atoms with Crippen molar-refractivity contribution in [2.24, 2.45) is 0 Å². The Morgan fingerprint density at radius 2 is 1.72 bits per heavy atom. The van der Waals surface area contributed by atoms with Gasteiger partial charge >= 0.3 is 5.76 Å². The van der Waals surface area contributed by atoms with Crippen LogP contribution in [0.3, 0.4) is 0 Å². The van der Waals surface area contributed by atoms with Crippen LogP contribution >= 0.6 is 23.2 Å². The minimum absolute atomic E-state index is 0.352. The maximum Gasteiger partial charge on any atom is 0.421 e. The Bertz CT molecular complexity index is 958. The molecule has 130 valence electrons. The first-order valence-corrected chi connectivity index (χ1v) is 8.87. The molecule has 0 N–H and O–H groups in total. The standard InChI is InChI=1S/C18H17Cl2N3O2/c19-13-2-1-3-15(10-13)22-8-6-21(7-9-22)12-23-16-5-4-14(20)11-17(16)25-18(23)24/h1-5,10-11H,6-9,12H2. The Balaban J connectivity index is 1.47. The molecule has 1 aromatic heterocycles. The molecular formula is C18H17Cl2N3O2. The lowest BCUT2D eigenvalue weighted by atomic mass is 10.2. The molecule has 0 spiro atoms. The van der Waals surface area contributed by atoms with Crippen molar-refractivity contribution in [3.05, 3.63) is 63.1 Å². The average Bonchev–Trinajstić information content (AvgIpc) is 2.90. The zero-order chi connectivity index (χ0) is 17.4. The number of rotatable bonds is 3. The van der Waals surface area contributed by atoms with Gasteiger partial charge in [0.25, 0.3) is 0 Å². The van der Waals surface area contributed by atoms with Crippen LogP contribution < -0.4 is 10.7 Å². The molecule has 0 unspecified atom stereocenters. The van der Waals surface area contributed by atoms with Crippen LogP contribution in [0.1, 0.15) is 0 Å². The summed E-state index contributed by atoms with van der Waals surface area (Å²) in [5.74, 6) is -0.352. The van der Waals surface area contributed by atoms with Crippen molar-refractivity contribution < 1.29 is 4.42 Å². The van der Waals surface area contributed by atoms with Gasteiger partial charge in [-0.3, -0.25) is 9.47 Å². The van der Waals surface area contributed by atoms with Gasteiger partial charge in [-0.1, -0.05) is 29.3 Å². The van der Waals surface area contributed by atoms with Gasteiger partial charge in [-0.25, -0.2) is 4.79 Å². The van der Waals surface area contributed by atoms with E-state index in [4.69, 9.17) is 27.6 Å². The van der Waals surface area contributed by atoms with Crippen LogP contribution in [0.5, 0.6) is 0 Å². The highest BCUT2D eigenvalue weighted by molar-refractivity contribution is 6.31. The second-order valence-electron chi connectivity index (χ2n) is 6.13. The monoisotopic (exact) mass is 377 g/mol. The van der Waals surface area contributed by atoms with Crippen LogP contribution in [0.15, 0.2) is 51.7 Å². The Kier molecular flexibility index (Phi) is 4.46. The van der Waals surface area contributed by atoms with Crippen LogP contribution in [0.2, 0.25) is 10.0 Å². The van der Waals surface area contributed by atoms with Crippen molar-refractivity contribution in [2.75, 3.05) is 31.1 Å². The summed E-state index contributed by atoms with van der Waals surface area (Å²) in [6.45, 7) is 4.00. The first kappa shape index (κ1) is 16.5. The van der Waals surface area contributed by atoms with E-state index in [0.717, 1.165) is 42.4 Å². The SMILES string of the molecule is O=c1oc2cc(Cl)ccc2n1CN1CCN(c2cccc(Cl)c2)CC1. The third kappa shape index (κ3) is 3.40. The van der Waals surface area contributed by atoms with E-state index in [-0.39, 0.29) is 5.76 Å². The maximum absolute atomic E-state index is 12.1. The molecule has 4 rings (SSSR count). The van der Waals surface area contributed by atoms with Gasteiger partial charge in [0.2, 0.25) is 0 Å². The first-order chi connectivity index (χ1) is 12.1. The predicted molar refractivity (Wildman–Crippen MR) is 101 cm³/mol. The van der Waals surface area contributed by atoms with Crippen molar-refractivity contribution in [1.82, 2.24) is 9.47 Å². The van der Waals surface area contributed by atoms with E-state index in [1.165, 1.54) is 0 Å². The zero-order valence-corrected chi connectivity index (χ0v) is 15.0. The summed E-state index contributed by atoms with van der Waals surface area (Å²) < 4.78 is 6.95. The van der Waals surface area contributed by atoms with Gasteiger partial charge in [-0.15, -0.1) is 0 Å². The normalized spacial score (nSPS) is 15.8. The largest absolute Gasteiger partial charge is 0.421 e. The summed E-state index contributed by atoms with van der Waals surface area (Å²) in [6, 6.07) is 13.2. The van der Waals surface area contributed by atoms with E-state index >= 15 is 0 Å². The van der Waals surface area contributed by atoms with Crippen LogP contribution in [0, 0.1) is 0 Å². The summed E-state index contributed by atoms with van der Waals surface area (Å²) in [6.07, 6.45) is 0. The van der Waals surface area contributed by atoms with Gasteiger partial charge in [-0.05, 0) is 30.3 Å². The average molecular weight is 378 g/mol. The van der Waals surface area contributed by atoms with E-state index in [1.807, 2.05) is 24.3 Å². The number of piperazine rings is 1. The number of hydrogen-bond donors (Lipinski definition) is 0. The Morgan fingerprint density at radius 1 is 0.960 bits per heavy atom. The lowest BCUT2D eigenvalue weighted by molar-refractivity contribution is 0.202. The summed E-state index contributed by atoms with van der Waals surface area (Å²) in [5.41, 5.74) is 2.43. The fraction of sp³-hybridized carbons (Fsp3) is 0.278. The van der Waals surface area contributed by atoms with Gasteiger partial charge in [-0.2, -0.15) is 0 Å². The summed E-state index contributed by atoms with van der Waals surface area (Å²) in [4.78, 5) is 16.7. The van der Waals surface area contributed by atoms with E-state index in [2.05, 4.69) is 15.9 Å². The Labute approximate surface area is 155 Å². The van der Waals surface area contributed by atoms with Gasteiger partial charge in [0.15, 0.2) is 5.58 Å². The molecule has 1 fully saturated rings. The molecule has 3 aromatic rings.